The highest BCUT2D eigenvalue weighted by Gasteiger charge is 2.34. The molecule has 9 heteroatoms. The molecule has 1 unspecified atom stereocenters. The van der Waals surface area contributed by atoms with Crippen LogP contribution in [0.5, 0.6) is 11.5 Å². The van der Waals surface area contributed by atoms with Crippen LogP contribution < -0.4 is 9.47 Å². The van der Waals surface area contributed by atoms with Gasteiger partial charge in [-0.2, -0.15) is 0 Å². The highest BCUT2D eigenvalue weighted by molar-refractivity contribution is 6.34. The molecular weight excluding hydrogens is 517 g/mol. The second-order valence-electron chi connectivity index (χ2n) is 9.26. The fraction of sp³-hybridized carbons (Fsp3) is 0.310. The second kappa shape index (κ2) is 11.1. The molecule has 5 nitrogen and oxygen atoms in total. The Morgan fingerprint density at radius 1 is 1.00 bits per heavy atom. The Morgan fingerprint density at radius 2 is 1.74 bits per heavy atom. The quantitative estimate of drug-likeness (QED) is 0.203. The number of nitrogens with zero attached hydrogens (tertiary/aromatic N) is 2. The molecule has 3 aromatic rings. The molecule has 0 radical (unpaired) electrons. The average molecular weight is 543 g/mol. The number of halogens is 4. The molecule has 0 saturated heterocycles. The molecule has 5 rings (SSSR count). The summed E-state index contributed by atoms with van der Waals surface area (Å²) in [7, 11) is 1.51. The Morgan fingerprint density at radius 3 is 2.42 bits per heavy atom. The van der Waals surface area contributed by atoms with E-state index in [4.69, 9.17) is 26.2 Å². The minimum atomic E-state index is -4.83. The van der Waals surface area contributed by atoms with Crippen molar-refractivity contribution in [1.29, 1.82) is 0 Å². The first kappa shape index (κ1) is 26.1. The zero-order valence-corrected chi connectivity index (χ0v) is 21.4. The molecule has 1 aliphatic heterocycles. The summed E-state index contributed by atoms with van der Waals surface area (Å²) in [6, 6.07) is 18.9. The Labute approximate surface area is 223 Å². The van der Waals surface area contributed by atoms with Gasteiger partial charge in [-0.15, -0.1) is 13.2 Å². The van der Waals surface area contributed by atoms with Crippen molar-refractivity contribution in [2.24, 2.45) is 16.1 Å². The lowest BCUT2D eigenvalue weighted by atomic mass is 9.98. The average Bonchev–Trinajstić information content (AvgIpc) is 3.63. The molecule has 198 valence electrons. The highest BCUT2D eigenvalue weighted by Crippen LogP contribution is 2.41. The van der Waals surface area contributed by atoms with E-state index in [-0.39, 0.29) is 5.75 Å². The van der Waals surface area contributed by atoms with E-state index in [1.807, 2.05) is 18.2 Å². The number of alkyl halides is 3. The van der Waals surface area contributed by atoms with Crippen molar-refractivity contribution >= 4 is 23.0 Å². The first-order chi connectivity index (χ1) is 18.3. The molecular formula is C29H26ClF3N2O3. The summed E-state index contributed by atoms with van der Waals surface area (Å²) in [4.78, 5) is 9.61. The minimum absolute atomic E-state index is 0.255. The number of oxime groups is 1. The van der Waals surface area contributed by atoms with Crippen LogP contribution in [-0.4, -0.2) is 31.5 Å². The smallest absolute Gasteiger partial charge is 0.488 e. The predicted octanol–water partition coefficient (Wildman–Crippen LogP) is 8.02. The van der Waals surface area contributed by atoms with Gasteiger partial charge in [-0.3, -0.25) is 4.99 Å². The SMILES string of the molecule is CO/N=C(\COc1ccc(-c2ccc(C3CCC(c4ccccc4Cl)=N3)c(OC(F)(F)F)c2)cc1)C1CC1. The van der Waals surface area contributed by atoms with Crippen LogP contribution in [0.15, 0.2) is 76.9 Å². The fourth-order valence-corrected chi connectivity index (χ4v) is 4.82. The zero-order chi connectivity index (χ0) is 26.7. The minimum Gasteiger partial charge on any atom is -0.488 e. The third-order valence-electron chi connectivity index (χ3n) is 6.58. The van der Waals surface area contributed by atoms with Gasteiger partial charge in [0, 0.05) is 27.8 Å². The third kappa shape index (κ3) is 6.30. The predicted molar refractivity (Wildman–Crippen MR) is 141 cm³/mol. The Hall–Kier alpha value is -3.52. The molecule has 3 aromatic carbocycles. The molecule has 1 aliphatic carbocycles. The van der Waals surface area contributed by atoms with Crippen LogP contribution in [-0.2, 0) is 4.84 Å². The Bertz CT molecular complexity index is 1350. The second-order valence-corrected chi connectivity index (χ2v) is 9.67. The first-order valence-electron chi connectivity index (χ1n) is 12.3. The first-order valence-corrected chi connectivity index (χ1v) is 12.7. The van der Waals surface area contributed by atoms with Gasteiger partial charge in [0.15, 0.2) is 0 Å². The maximum atomic E-state index is 13.3. The molecule has 1 saturated carbocycles. The zero-order valence-electron chi connectivity index (χ0n) is 20.7. The van der Waals surface area contributed by atoms with Gasteiger partial charge in [0.25, 0.3) is 0 Å². The summed E-state index contributed by atoms with van der Waals surface area (Å²) in [5.74, 6) is 0.785. The van der Waals surface area contributed by atoms with Gasteiger partial charge < -0.3 is 14.3 Å². The normalized spacial score (nSPS) is 17.8. The molecule has 0 N–H and O–H groups in total. The summed E-state index contributed by atoms with van der Waals surface area (Å²) in [5, 5.41) is 4.61. The van der Waals surface area contributed by atoms with Gasteiger partial charge in [-0.25, -0.2) is 0 Å². The van der Waals surface area contributed by atoms with Crippen LogP contribution >= 0.6 is 11.6 Å². The largest absolute Gasteiger partial charge is 0.573 e. The lowest BCUT2D eigenvalue weighted by Crippen LogP contribution is -2.18. The van der Waals surface area contributed by atoms with Crippen LogP contribution in [0.2, 0.25) is 5.02 Å². The number of rotatable bonds is 9. The van der Waals surface area contributed by atoms with Crippen molar-refractivity contribution in [1.82, 2.24) is 0 Å². The monoisotopic (exact) mass is 542 g/mol. The van der Waals surface area contributed by atoms with Crippen LogP contribution in [0.25, 0.3) is 11.1 Å². The Kier molecular flexibility index (Phi) is 7.61. The van der Waals surface area contributed by atoms with Gasteiger partial charge in [0.05, 0.1) is 11.8 Å². The number of hydrogen-bond acceptors (Lipinski definition) is 5. The van der Waals surface area contributed by atoms with E-state index in [0.29, 0.717) is 47.3 Å². The van der Waals surface area contributed by atoms with E-state index in [0.717, 1.165) is 35.4 Å². The molecule has 0 spiro atoms. The number of aliphatic imine (C=N–C) groups is 1. The van der Waals surface area contributed by atoms with Crippen LogP contribution in [0.3, 0.4) is 0 Å². The molecule has 2 aliphatic rings. The standard InChI is InChI=1S/C29H26ClF3N2O3/c1-36-35-27(19-6-7-19)17-37-21-11-8-18(9-12-21)20-10-13-23(28(16-20)38-29(31,32)33)26-15-14-25(34-26)22-4-2-3-5-24(22)30/h2-5,8-13,16,19,26H,6-7,14-15,17H2,1H3/b35-27+. The third-order valence-corrected chi connectivity index (χ3v) is 6.91. The molecule has 0 bridgehead atoms. The van der Waals surface area contributed by atoms with E-state index >= 15 is 0 Å². The van der Waals surface area contributed by atoms with Crippen molar-refractivity contribution < 1.29 is 27.5 Å². The lowest BCUT2D eigenvalue weighted by molar-refractivity contribution is -0.274. The summed E-state index contributed by atoms with van der Waals surface area (Å²) < 4.78 is 50.3. The molecule has 38 heavy (non-hydrogen) atoms. The van der Waals surface area contributed by atoms with Crippen LogP contribution in [0.4, 0.5) is 13.2 Å². The molecule has 0 aromatic heterocycles. The van der Waals surface area contributed by atoms with E-state index in [2.05, 4.69) is 9.89 Å². The number of hydrogen-bond donors (Lipinski definition) is 0. The maximum absolute atomic E-state index is 13.3. The lowest BCUT2D eigenvalue weighted by Gasteiger charge is -2.17. The number of ether oxygens (including phenoxy) is 2. The molecule has 1 heterocycles. The van der Waals surface area contributed by atoms with Crippen molar-refractivity contribution in [3.63, 3.8) is 0 Å². The summed E-state index contributed by atoms with van der Waals surface area (Å²) in [6.45, 7) is 0.328. The number of benzene rings is 3. The van der Waals surface area contributed by atoms with E-state index in [1.165, 1.54) is 13.2 Å². The fourth-order valence-electron chi connectivity index (χ4n) is 4.57. The molecule has 0 amide bonds. The van der Waals surface area contributed by atoms with E-state index < -0.39 is 12.4 Å². The van der Waals surface area contributed by atoms with Crippen molar-refractivity contribution in [3.8, 4) is 22.6 Å². The summed E-state index contributed by atoms with van der Waals surface area (Å²) >= 11 is 6.31. The Balaban J connectivity index is 1.37. The van der Waals surface area contributed by atoms with Gasteiger partial charge in [-0.05, 0) is 61.1 Å². The molecule has 1 fully saturated rings. The summed E-state index contributed by atoms with van der Waals surface area (Å²) in [5.41, 5.74) is 4.15. The van der Waals surface area contributed by atoms with Gasteiger partial charge in [0.2, 0.25) is 0 Å². The summed E-state index contributed by atoms with van der Waals surface area (Å²) in [6.07, 6.45) is -1.50. The highest BCUT2D eigenvalue weighted by atomic mass is 35.5. The van der Waals surface area contributed by atoms with Crippen molar-refractivity contribution in [3.05, 3.63) is 82.9 Å². The van der Waals surface area contributed by atoms with Gasteiger partial charge >= 0.3 is 6.36 Å². The van der Waals surface area contributed by atoms with Gasteiger partial charge in [-0.1, -0.05) is 59.2 Å². The van der Waals surface area contributed by atoms with E-state index in [9.17, 15) is 13.2 Å². The molecule has 1 atom stereocenters. The van der Waals surface area contributed by atoms with Gasteiger partial charge in [0.1, 0.15) is 25.2 Å². The topological polar surface area (TPSA) is 52.4 Å². The van der Waals surface area contributed by atoms with Crippen LogP contribution in [0.1, 0.15) is 42.9 Å². The van der Waals surface area contributed by atoms with Crippen molar-refractivity contribution in [2.75, 3.05) is 13.7 Å². The van der Waals surface area contributed by atoms with Crippen LogP contribution in [0, 0.1) is 5.92 Å². The van der Waals surface area contributed by atoms with Crippen molar-refractivity contribution in [2.45, 2.75) is 38.1 Å². The maximum Gasteiger partial charge on any atom is 0.573 e. The van der Waals surface area contributed by atoms with E-state index in [1.54, 1.807) is 42.5 Å².